The number of carboxylic acid groups (broad SMARTS) is 1. The van der Waals surface area contributed by atoms with Crippen LogP contribution in [0.3, 0.4) is 0 Å². The Balaban J connectivity index is 0.000000209. The van der Waals surface area contributed by atoms with E-state index < -0.39 is 77.9 Å². The molecule has 2 saturated carbocycles. The number of benzene rings is 2. The van der Waals surface area contributed by atoms with Crippen molar-refractivity contribution in [1.82, 2.24) is 28.2 Å². The number of piperazine rings is 2. The minimum Gasteiger partial charge on any atom is -0.483 e. The van der Waals surface area contributed by atoms with Gasteiger partial charge in [-0.25, -0.2) is 34.4 Å². The molecule has 4 aromatic rings. The number of hydrogen-bond donors (Lipinski definition) is 1. The number of ether oxygens (including phenoxy) is 3. The van der Waals surface area contributed by atoms with Crippen LogP contribution in [0.4, 0.5) is 28.9 Å². The zero-order valence-corrected chi connectivity index (χ0v) is 40.4. The molecule has 2 saturated heterocycles. The van der Waals surface area contributed by atoms with Gasteiger partial charge in [-0.05, 0) is 75.6 Å². The first-order chi connectivity index (χ1) is 33.8. The van der Waals surface area contributed by atoms with Gasteiger partial charge in [-0.1, -0.05) is 12.8 Å². The Morgan fingerprint density at radius 2 is 0.930 bits per heavy atom. The van der Waals surface area contributed by atoms with Crippen molar-refractivity contribution in [2.24, 2.45) is 0 Å². The molecule has 2 aromatic heterocycles. The van der Waals surface area contributed by atoms with E-state index in [0.29, 0.717) is 23.5 Å². The van der Waals surface area contributed by atoms with Crippen LogP contribution < -0.4 is 30.4 Å². The molecule has 4 heterocycles. The van der Waals surface area contributed by atoms with Crippen molar-refractivity contribution >= 4 is 43.4 Å². The molecule has 2 aliphatic heterocycles. The number of methoxy groups -OCH3 is 1. The number of anilines is 2. The van der Waals surface area contributed by atoms with Crippen molar-refractivity contribution in [3.8, 4) is 22.9 Å². The average Bonchev–Trinajstić information content (AvgIpc) is 3.32. The summed E-state index contributed by atoms with van der Waals surface area (Å²) in [5.74, 6) is -7.43. The number of carbonyl (C=O) groups excluding carboxylic acids is 1. The van der Waals surface area contributed by atoms with Crippen molar-refractivity contribution in [2.75, 3.05) is 80.8 Å². The Kier molecular flexibility index (Phi) is 17.0. The van der Waals surface area contributed by atoms with Gasteiger partial charge in [0.15, 0.2) is 11.5 Å². The number of sulfonamides is 2. The SMILES string of the molecule is COC(=O)CS(=O)(=O)N1CCN(c2cnn(-c3cc(F)cc(F)c3)c(=O)c2OC2CCCCC2)CC1.O=C(O)CS(=O)(=O)N1CCN(c2cnn(-c3cc(F)cc(F)c3)c(=O)c2OC2CCCCC2)CC1. The molecular weight excluding hydrogens is 985 g/mol. The van der Waals surface area contributed by atoms with Gasteiger partial charge in [-0.15, -0.1) is 0 Å². The van der Waals surface area contributed by atoms with E-state index in [1.165, 1.54) is 16.7 Å². The van der Waals surface area contributed by atoms with E-state index in [-0.39, 0.29) is 87.4 Å². The van der Waals surface area contributed by atoms with Crippen LogP contribution >= 0.6 is 0 Å². The molecule has 26 heteroatoms. The monoisotopic (exact) mass is 1040 g/mol. The third kappa shape index (κ3) is 13.2. The molecule has 1 N–H and O–H groups in total. The van der Waals surface area contributed by atoms with E-state index >= 15 is 0 Å². The minimum atomic E-state index is -3.96. The van der Waals surface area contributed by atoms with Gasteiger partial charge in [0.25, 0.3) is 0 Å². The smallest absolute Gasteiger partial charge is 0.322 e. The average molecular weight is 1040 g/mol. The summed E-state index contributed by atoms with van der Waals surface area (Å²) in [4.78, 5) is 52.7. The zero-order chi connectivity index (χ0) is 51.0. The van der Waals surface area contributed by atoms with Crippen molar-refractivity contribution < 1.29 is 63.3 Å². The summed E-state index contributed by atoms with van der Waals surface area (Å²) >= 11 is 0. The molecular formula is C45H54F4N8O12S2. The number of halogens is 4. The fourth-order valence-corrected chi connectivity index (χ4v) is 11.4. The molecule has 386 valence electrons. The summed E-state index contributed by atoms with van der Waals surface area (Å²) in [6.45, 7) is 1.02. The highest BCUT2D eigenvalue weighted by atomic mass is 32.2. The van der Waals surface area contributed by atoms with Gasteiger partial charge in [0.1, 0.15) is 34.6 Å². The molecule has 2 aliphatic carbocycles. The molecule has 0 spiro atoms. The Labute approximate surface area is 406 Å². The summed E-state index contributed by atoms with van der Waals surface area (Å²) in [5, 5.41) is 17.1. The lowest BCUT2D eigenvalue weighted by molar-refractivity contribution is -0.137. The van der Waals surface area contributed by atoms with Gasteiger partial charge in [-0.3, -0.25) is 19.2 Å². The Morgan fingerprint density at radius 1 is 0.577 bits per heavy atom. The molecule has 20 nitrogen and oxygen atoms in total. The van der Waals surface area contributed by atoms with Crippen molar-refractivity contribution in [3.63, 3.8) is 0 Å². The van der Waals surface area contributed by atoms with E-state index in [0.717, 1.165) is 109 Å². The molecule has 0 amide bonds. The molecule has 0 atom stereocenters. The lowest BCUT2D eigenvalue weighted by Gasteiger charge is -2.36. The minimum absolute atomic E-state index is 0.00689. The van der Waals surface area contributed by atoms with Gasteiger partial charge in [0, 0.05) is 64.5 Å². The van der Waals surface area contributed by atoms with E-state index in [1.807, 2.05) is 0 Å². The van der Waals surface area contributed by atoms with Gasteiger partial charge in [0.05, 0.1) is 43.1 Å². The molecule has 4 aliphatic rings. The highest BCUT2D eigenvalue weighted by Crippen LogP contribution is 2.32. The van der Waals surface area contributed by atoms with Crippen LogP contribution in [0.15, 0.2) is 58.4 Å². The van der Waals surface area contributed by atoms with Crippen LogP contribution in [0, 0.1) is 23.3 Å². The van der Waals surface area contributed by atoms with Gasteiger partial charge >= 0.3 is 23.1 Å². The Bertz CT molecular complexity index is 2880. The number of esters is 1. The summed E-state index contributed by atoms with van der Waals surface area (Å²) in [7, 11) is -6.68. The quantitative estimate of drug-likeness (QED) is 0.140. The Hall–Kier alpha value is -6.12. The molecule has 0 bridgehead atoms. The first-order valence-corrected chi connectivity index (χ1v) is 26.3. The number of aromatic nitrogens is 4. The second-order valence-corrected chi connectivity index (χ2v) is 21.4. The number of nitrogens with zero attached hydrogens (tertiary/aromatic N) is 8. The fraction of sp³-hybridized carbons (Fsp3) is 0.511. The second-order valence-electron chi connectivity index (χ2n) is 17.4. The number of rotatable bonds is 14. The third-order valence-corrected chi connectivity index (χ3v) is 16.0. The van der Waals surface area contributed by atoms with Crippen molar-refractivity contribution in [3.05, 3.63) is 92.8 Å². The van der Waals surface area contributed by atoms with Gasteiger partial charge < -0.3 is 29.1 Å². The zero-order valence-electron chi connectivity index (χ0n) is 38.8. The third-order valence-electron chi connectivity index (χ3n) is 12.5. The predicted octanol–water partition coefficient (Wildman–Crippen LogP) is 3.61. The highest BCUT2D eigenvalue weighted by Gasteiger charge is 2.34. The lowest BCUT2D eigenvalue weighted by Crippen LogP contribution is -2.50. The topological polar surface area (TPSA) is 233 Å². The van der Waals surface area contributed by atoms with Crippen LogP contribution in [0.1, 0.15) is 64.2 Å². The maximum atomic E-state index is 13.8. The number of carbonyl (C=O) groups is 2. The molecule has 4 fully saturated rings. The standard InChI is InChI=1S/C23H28F2N4O6S.C22H26F2N4O6S/c1-34-21(30)15-36(32,33)28-9-7-27(8-10-28)20-14-26-29(18-12-16(24)11-17(25)13-18)23(31)22(20)35-19-5-3-2-4-6-19;23-15-10-16(24)12-17(11-15)28-22(31)21(34-18-4-2-1-3-5-18)19(13-25-28)26-6-8-27(9-7-26)35(32,33)14-20(29)30/h11-14,19H,2-10,15H2,1H3;10-13,18H,1-9,14H2,(H,29,30). The van der Waals surface area contributed by atoms with E-state index in [1.54, 1.807) is 9.80 Å². The number of carboxylic acids is 1. The van der Waals surface area contributed by atoms with E-state index in [4.69, 9.17) is 14.6 Å². The highest BCUT2D eigenvalue weighted by molar-refractivity contribution is 7.90. The fourth-order valence-electron chi connectivity index (χ4n) is 8.88. The van der Waals surface area contributed by atoms with Crippen LogP contribution in [0.5, 0.6) is 11.5 Å². The van der Waals surface area contributed by atoms with Crippen LogP contribution in [-0.2, 0) is 34.4 Å². The number of aliphatic carboxylic acids is 1. The van der Waals surface area contributed by atoms with Crippen molar-refractivity contribution in [2.45, 2.75) is 76.4 Å². The second kappa shape index (κ2) is 23.0. The van der Waals surface area contributed by atoms with Crippen LogP contribution in [0.2, 0.25) is 0 Å². The Morgan fingerprint density at radius 3 is 1.27 bits per heavy atom. The molecule has 0 unspecified atom stereocenters. The largest absolute Gasteiger partial charge is 0.483 e. The maximum absolute atomic E-state index is 13.8. The first-order valence-electron chi connectivity index (χ1n) is 23.1. The van der Waals surface area contributed by atoms with E-state index in [9.17, 15) is 53.6 Å². The molecule has 2 aromatic carbocycles. The van der Waals surface area contributed by atoms with Crippen molar-refractivity contribution in [1.29, 1.82) is 0 Å². The molecule has 0 radical (unpaired) electrons. The first kappa shape index (κ1) is 52.7. The normalized spacial score (nSPS) is 17.8. The summed E-state index contributed by atoms with van der Waals surface area (Å²) in [6, 6.07) is 5.40. The van der Waals surface area contributed by atoms with Crippen LogP contribution in [0.25, 0.3) is 11.4 Å². The van der Waals surface area contributed by atoms with Gasteiger partial charge in [-0.2, -0.15) is 28.2 Å². The summed E-state index contributed by atoms with van der Waals surface area (Å²) in [5.41, 5.74) is -0.774. The number of hydrogen-bond acceptors (Lipinski definition) is 15. The molecule has 8 rings (SSSR count). The van der Waals surface area contributed by atoms with Gasteiger partial charge in [0.2, 0.25) is 31.5 Å². The summed E-state index contributed by atoms with van der Waals surface area (Å²) < 4.78 is 126. The maximum Gasteiger partial charge on any atom is 0.322 e. The van der Waals surface area contributed by atoms with Crippen LogP contribution in [-0.4, -0.2) is 145 Å². The van der Waals surface area contributed by atoms with E-state index in [2.05, 4.69) is 14.9 Å². The lowest BCUT2D eigenvalue weighted by atomic mass is 9.98. The predicted molar refractivity (Wildman–Crippen MR) is 249 cm³/mol. The molecule has 71 heavy (non-hydrogen) atoms. The summed E-state index contributed by atoms with van der Waals surface area (Å²) in [6.07, 6.45) is 11.4.